The largest absolute Gasteiger partial charge is 0.493 e. The van der Waals surface area contributed by atoms with Crippen LogP contribution in [-0.4, -0.2) is 37.1 Å². The topological polar surface area (TPSA) is 77.3 Å². The SMILES string of the molecule is CCOc1ccccc1N=Cc1cccc(OC)c1O[C@H](C)C(=O)O. The molecule has 0 aliphatic heterocycles. The van der Waals surface area contributed by atoms with E-state index in [1.54, 1.807) is 24.4 Å². The summed E-state index contributed by atoms with van der Waals surface area (Å²) in [4.78, 5) is 15.5. The van der Waals surface area contributed by atoms with Crippen LogP contribution in [0, 0.1) is 0 Å². The predicted octanol–water partition coefficient (Wildman–Crippen LogP) is 3.70. The van der Waals surface area contributed by atoms with Crippen molar-refractivity contribution in [2.75, 3.05) is 13.7 Å². The van der Waals surface area contributed by atoms with Gasteiger partial charge in [0, 0.05) is 11.8 Å². The van der Waals surface area contributed by atoms with Crippen molar-refractivity contribution < 1.29 is 24.1 Å². The van der Waals surface area contributed by atoms with Gasteiger partial charge >= 0.3 is 5.97 Å². The maximum atomic E-state index is 11.1. The van der Waals surface area contributed by atoms with E-state index in [1.807, 2.05) is 31.2 Å². The molecule has 0 aromatic heterocycles. The fourth-order valence-electron chi connectivity index (χ4n) is 2.13. The van der Waals surface area contributed by atoms with Gasteiger partial charge in [0.2, 0.25) is 0 Å². The second kappa shape index (κ2) is 8.73. The van der Waals surface area contributed by atoms with Crippen LogP contribution in [-0.2, 0) is 4.79 Å². The Bertz CT molecular complexity index is 757. The molecule has 0 saturated carbocycles. The van der Waals surface area contributed by atoms with E-state index in [2.05, 4.69) is 4.99 Å². The molecule has 1 atom stereocenters. The summed E-state index contributed by atoms with van der Waals surface area (Å²) in [6, 6.07) is 12.7. The number of aliphatic imine (C=N–C) groups is 1. The van der Waals surface area contributed by atoms with E-state index in [0.29, 0.717) is 35.1 Å². The third-order valence-electron chi connectivity index (χ3n) is 3.38. The van der Waals surface area contributed by atoms with Crippen LogP contribution in [0.15, 0.2) is 47.5 Å². The zero-order chi connectivity index (χ0) is 18.2. The number of carboxylic acid groups (broad SMARTS) is 1. The molecule has 1 N–H and O–H groups in total. The maximum absolute atomic E-state index is 11.1. The van der Waals surface area contributed by atoms with Gasteiger partial charge < -0.3 is 19.3 Å². The Morgan fingerprint density at radius 1 is 1.20 bits per heavy atom. The van der Waals surface area contributed by atoms with Crippen LogP contribution in [0.2, 0.25) is 0 Å². The molecule has 0 fully saturated rings. The van der Waals surface area contributed by atoms with Crippen LogP contribution in [0.25, 0.3) is 0 Å². The third kappa shape index (κ3) is 4.73. The van der Waals surface area contributed by atoms with Crippen molar-refractivity contribution in [3.63, 3.8) is 0 Å². The number of methoxy groups -OCH3 is 1. The molecule has 0 aliphatic rings. The van der Waals surface area contributed by atoms with Crippen LogP contribution in [0.5, 0.6) is 17.2 Å². The summed E-state index contributed by atoms with van der Waals surface area (Å²) in [5, 5.41) is 9.09. The monoisotopic (exact) mass is 343 g/mol. The fourth-order valence-corrected chi connectivity index (χ4v) is 2.13. The summed E-state index contributed by atoms with van der Waals surface area (Å²) >= 11 is 0. The molecule has 0 bridgehead atoms. The minimum Gasteiger partial charge on any atom is -0.493 e. The summed E-state index contributed by atoms with van der Waals surface area (Å²) in [6.45, 7) is 3.90. The predicted molar refractivity (Wildman–Crippen MR) is 95.6 cm³/mol. The molecule has 2 rings (SSSR count). The van der Waals surface area contributed by atoms with Gasteiger partial charge in [-0.25, -0.2) is 4.79 Å². The molecule has 2 aromatic rings. The maximum Gasteiger partial charge on any atom is 0.344 e. The van der Waals surface area contributed by atoms with Crippen molar-refractivity contribution in [1.29, 1.82) is 0 Å². The summed E-state index contributed by atoms with van der Waals surface area (Å²) in [6.07, 6.45) is 0.587. The zero-order valence-corrected chi connectivity index (χ0v) is 14.4. The molecule has 0 heterocycles. The fraction of sp³-hybridized carbons (Fsp3) is 0.263. The molecule has 6 heteroatoms. The highest BCUT2D eigenvalue weighted by molar-refractivity contribution is 5.87. The number of hydrogen-bond donors (Lipinski definition) is 1. The van der Waals surface area contributed by atoms with E-state index in [4.69, 9.17) is 19.3 Å². The number of rotatable bonds is 8. The Morgan fingerprint density at radius 3 is 2.60 bits per heavy atom. The number of benzene rings is 2. The van der Waals surface area contributed by atoms with Crippen LogP contribution >= 0.6 is 0 Å². The number of ether oxygens (including phenoxy) is 3. The molecule has 25 heavy (non-hydrogen) atoms. The van der Waals surface area contributed by atoms with E-state index in [9.17, 15) is 4.79 Å². The van der Waals surface area contributed by atoms with Crippen molar-refractivity contribution in [2.45, 2.75) is 20.0 Å². The Hall–Kier alpha value is -3.02. The normalized spacial score (nSPS) is 12.0. The lowest BCUT2D eigenvalue weighted by Gasteiger charge is -2.15. The number of carbonyl (C=O) groups is 1. The molecule has 0 aliphatic carbocycles. The first kappa shape index (κ1) is 18.3. The Labute approximate surface area is 146 Å². The van der Waals surface area contributed by atoms with E-state index in [1.165, 1.54) is 14.0 Å². The summed E-state index contributed by atoms with van der Waals surface area (Å²) in [5.41, 5.74) is 1.28. The first-order valence-electron chi connectivity index (χ1n) is 7.89. The Morgan fingerprint density at radius 2 is 1.92 bits per heavy atom. The van der Waals surface area contributed by atoms with Crippen LogP contribution in [0.3, 0.4) is 0 Å². The van der Waals surface area contributed by atoms with Crippen molar-refractivity contribution in [3.8, 4) is 17.2 Å². The third-order valence-corrected chi connectivity index (χ3v) is 3.38. The highest BCUT2D eigenvalue weighted by Gasteiger charge is 2.18. The molecule has 0 spiro atoms. The molecular weight excluding hydrogens is 322 g/mol. The van der Waals surface area contributed by atoms with E-state index < -0.39 is 12.1 Å². The van der Waals surface area contributed by atoms with Gasteiger partial charge in [-0.1, -0.05) is 18.2 Å². The standard InChI is InChI=1S/C19H21NO5/c1-4-24-16-10-6-5-9-15(16)20-12-14-8-7-11-17(23-3)18(14)25-13(2)19(21)22/h5-13H,4H2,1-3H3,(H,21,22)/t13-/m1/s1. The van der Waals surface area contributed by atoms with Crippen LogP contribution < -0.4 is 14.2 Å². The second-order valence-corrected chi connectivity index (χ2v) is 5.14. The lowest BCUT2D eigenvalue weighted by molar-refractivity contribution is -0.144. The van der Waals surface area contributed by atoms with Gasteiger partial charge in [-0.15, -0.1) is 0 Å². The van der Waals surface area contributed by atoms with Gasteiger partial charge in [0.25, 0.3) is 0 Å². The summed E-state index contributed by atoms with van der Waals surface area (Å²) < 4.78 is 16.4. The number of carboxylic acids is 1. The quantitative estimate of drug-likeness (QED) is 0.740. The minimum absolute atomic E-state index is 0.331. The van der Waals surface area contributed by atoms with Crippen LogP contribution in [0.1, 0.15) is 19.4 Å². The molecular formula is C19H21NO5. The summed E-state index contributed by atoms with van der Waals surface area (Å²) in [7, 11) is 1.50. The second-order valence-electron chi connectivity index (χ2n) is 5.14. The number of para-hydroxylation sites is 3. The lowest BCUT2D eigenvalue weighted by atomic mass is 10.2. The van der Waals surface area contributed by atoms with E-state index in [0.717, 1.165) is 0 Å². The number of nitrogens with zero attached hydrogens (tertiary/aromatic N) is 1. The van der Waals surface area contributed by atoms with E-state index >= 15 is 0 Å². The van der Waals surface area contributed by atoms with Crippen molar-refractivity contribution in [3.05, 3.63) is 48.0 Å². The molecule has 0 saturated heterocycles. The van der Waals surface area contributed by atoms with Gasteiger partial charge in [-0.05, 0) is 38.1 Å². The lowest BCUT2D eigenvalue weighted by Crippen LogP contribution is -2.23. The van der Waals surface area contributed by atoms with Gasteiger partial charge in [-0.3, -0.25) is 4.99 Å². The van der Waals surface area contributed by atoms with Gasteiger partial charge in [-0.2, -0.15) is 0 Å². The van der Waals surface area contributed by atoms with Gasteiger partial charge in [0.05, 0.1) is 13.7 Å². The van der Waals surface area contributed by atoms with E-state index in [-0.39, 0.29) is 0 Å². The smallest absolute Gasteiger partial charge is 0.344 e. The Balaban J connectivity index is 2.37. The van der Waals surface area contributed by atoms with Crippen molar-refractivity contribution >= 4 is 17.9 Å². The average molecular weight is 343 g/mol. The minimum atomic E-state index is -1.06. The highest BCUT2D eigenvalue weighted by Crippen LogP contribution is 2.32. The van der Waals surface area contributed by atoms with Gasteiger partial charge in [0.15, 0.2) is 17.6 Å². The molecule has 0 unspecified atom stereocenters. The number of hydrogen-bond acceptors (Lipinski definition) is 5. The first-order valence-corrected chi connectivity index (χ1v) is 7.89. The first-order chi connectivity index (χ1) is 12.1. The highest BCUT2D eigenvalue weighted by atomic mass is 16.5. The van der Waals surface area contributed by atoms with Crippen molar-refractivity contribution in [1.82, 2.24) is 0 Å². The zero-order valence-electron chi connectivity index (χ0n) is 14.4. The van der Waals surface area contributed by atoms with Gasteiger partial charge in [0.1, 0.15) is 11.4 Å². The number of aliphatic carboxylic acids is 1. The average Bonchev–Trinajstić information content (AvgIpc) is 2.61. The molecule has 132 valence electrons. The van der Waals surface area contributed by atoms with Crippen LogP contribution in [0.4, 0.5) is 5.69 Å². The molecule has 6 nitrogen and oxygen atoms in total. The molecule has 2 aromatic carbocycles. The Kier molecular flexibility index (Phi) is 6.39. The molecule has 0 radical (unpaired) electrons. The molecule has 0 amide bonds. The summed E-state index contributed by atoms with van der Waals surface area (Å²) in [5.74, 6) is 0.383. The van der Waals surface area contributed by atoms with Crippen molar-refractivity contribution in [2.24, 2.45) is 4.99 Å².